The molecule has 35 heavy (non-hydrogen) atoms. The Morgan fingerprint density at radius 1 is 1.23 bits per heavy atom. The molecule has 3 aromatic heterocycles. The Bertz CT molecular complexity index is 1250. The van der Waals surface area contributed by atoms with Crippen molar-refractivity contribution in [1.29, 1.82) is 0 Å². The van der Waals surface area contributed by atoms with Crippen molar-refractivity contribution in [3.05, 3.63) is 35.0 Å². The van der Waals surface area contributed by atoms with Gasteiger partial charge in [-0.05, 0) is 50.2 Å². The summed E-state index contributed by atoms with van der Waals surface area (Å²) in [6.07, 6.45) is 5.61. The van der Waals surface area contributed by atoms with Crippen molar-refractivity contribution in [2.75, 3.05) is 13.1 Å². The topological polar surface area (TPSA) is 108 Å². The van der Waals surface area contributed by atoms with E-state index in [0.29, 0.717) is 52.7 Å². The van der Waals surface area contributed by atoms with Crippen LogP contribution in [0, 0.1) is 11.3 Å². The standard InChI is InChI=1S/C26H33N5O3S/c1-15(32)12-17-8-10-31(11-9-17)25(34)21-7-6-20(35-21)19-14-28-23-22(30-19)18(13-27-23)24(33)29-16(2)26(3,4)5/h6-7,13-14,16-17H,8-12H2,1-5H3,(H,27,28)(H,29,33)/t16-/m0/s1. The molecule has 1 fully saturated rings. The number of aromatic amines is 1. The summed E-state index contributed by atoms with van der Waals surface area (Å²) >= 11 is 1.38. The second-order valence-corrected chi connectivity index (χ2v) is 11.6. The Hall–Kier alpha value is -3.07. The van der Waals surface area contributed by atoms with Gasteiger partial charge in [0.1, 0.15) is 11.3 Å². The SMILES string of the molecule is CC(=O)CC1CCN(C(=O)c2ccc(-c3cnc4[nH]cc(C(=O)N[C@@H](C)C(C)(C)C)c4n3)s2)CC1. The number of hydrogen-bond donors (Lipinski definition) is 2. The van der Waals surface area contributed by atoms with E-state index in [0.717, 1.165) is 17.7 Å². The van der Waals surface area contributed by atoms with E-state index in [9.17, 15) is 14.4 Å². The molecular formula is C26H33N5O3S. The van der Waals surface area contributed by atoms with E-state index >= 15 is 0 Å². The summed E-state index contributed by atoms with van der Waals surface area (Å²) in [7, 11) is 0. The van der Waals surface area contributed by atoms with E-state index in [4.69, 9.17) is 4.98 Å². The van der Waals surface area contributed by atoms with Crippen molar-refractivity contribution in [2.45, 2.75) is 59.9 Å². The molecule has 4 rings (SSSR count). The van der Waals surface area contributed by atoms with Crippen LogP contribution in [0.4, 0.5) is 0 Å². The summed E-state index contributed by atoms with van der Waals surface area (Å²) < 4.78 is 0. The summed E-state index contributed by atoms with van der Waals surface area (Å²) in [5.74, 6) is 0.397. The molecule has 8 nitrogen and oxygen atoms in total. The molecule has 1 atom stereocenters. The fraction of sp³-hybridized carbons (Fsp3) is 0.500. The number of carbonyl (C=O) groups is 3. The third-order valence-corrected chi connectivity index (χ3v) is 7.91. The van der Waals surface area contributed by atoms with Gasteiger partial charge in [-0.25, -0.2) is 9.97 Å². The summed E-state index contributed by atoms with van der Waals surface area (Å²) in [5.41, 5.74) is 2.06. The number of hydrogen-bond acceptors (Lipinski definition) is 6. The van der Waals surface area contributed by atoms with Gasteiger partial charge in [-0.3, -0.25) is 9.59 Å². The van der Waals surface area contributed by atoms with Gasteiger partial charge in [0.05, 0.1) is 27.2 Å². The molecule has 1 aliphatic heterocycles. The number of fused-ring (bicyclic) bond motifs is 1. The van der Waals surface area contributed by atoms with E-state index in [1.54, 1.807) is 19.3 Å². The molecule has 0 aromatic carbocycles. The minimum absolute atomic E-state index is 0.00874. The van der Waals surface area contributed by atoms with Crippen LogP contribution in [0.2, 0.25) is 0 Å². The van der Waals surface area contributed by atoms with E-state index < -0.39 is 0 Å². The normalized spacial score (nSPS) is 15.9. The molecular weight excluding hydrogens is 462 g/mol. The molecule has 2 amide bonds. The number of likely N-dealkylation sites (tertiary alicyclic amines) is 1. The number of rotatable bonds is 6. The van der Waals surface area contributed by atoms with Crippen LogP contribution in [0.5, 0.6) is 0 Å². The number of ketones is 1. The molecule has 0 saturated carbocycles. The highest BCUT2D eigenvalue weighted by Gasteiger charge is 2.26. The maximum absolute atomic E-state index is 13.0. The number of Topliss-reactive ketones (excluding diaryl/α,β-unsaturated/α-hetero) is 1. The molecule has 3 aromatic rings. The third-order valence-electron chi connectivity index (χ3n) is 6.82. The third kappa shape index (κ3) is 5.61. The highest BCUT2D eigenvalue weighted by atomic mass is 32.1. The van der Waals surface area contributed by atoms with E-state index in [2.05, 4.69) is 36.1 Å². The number of H-pyrrole nitrogens is 1. The molecule has 1 saturated heterocycles. The van der Waals surface area contributed by atoms with Crippen molar-refractivity contribution in [3.8, 4) is 10.6 Å². The maximum atomic E-state index is 13.0. The van der Waals surface area contributed by atoms with Crippen LogP contribution in [-0.4, -0.2) is 56.6 Å². The number of piperidine rings is 1. The van der Waals surface area contributed by atoms with Gasteiger partial charge in [-0.1, -0.05) is 20.8 Å². The summed E-state index contributed by atoms with van der Waals surface area (Å²) in [6.45, 7) is 11.2. The van der Waals surface area contributed by atoms with E-state index in [1.165, 1.54) is 11.3 Å². The number of aromatic nitrogens is 3. The second kappa shape index (κ2) is 9.89. The predicted octanol–water partition coefficient (Wildman–Crippen LogP) is 4.68. The van der Waals surface area contributed by atoms with Gasteiger partial charge < -0.3 is 20.0 Å². The summed E-state index contributed by atoms with van der Waals surface area (Å²) in [6, 6.07) is 3.69. The van der Waals surface area contributed by atoms with Gasteiger partial charge in [0.15, 0.2) is 5.65 Å². The lowest BCUT2D eigenvalue weighted by atomic mass is 9.88. The molecule has 4 heterocycles. The predicted molar refractivity (Wildman–Crippen MR) is 138 cm³/mol. The molecule has 9 heteroatoms. The van der Waals surface area contributed by atoms with Gasteiger partial charge >= 0.3 is 0 Å². The van der Waals surface area contributed by atoms with Crippen LogP contribution in [0.3, 0.4) is 0 Å². The minimum atomic E-state index is -0.194. The summed E-state index contributed by atoms with van der Waals surface area (Å²) in [4.78, 5) is 52.9. The maximum Gasteiger partial charge on any atom is 0.263 e. The second-order valence-electron chi connectivity index (χ2n) is 10.5. The van der Waals surface area contributed by atoms with Crippen molar-refractivity contribution in [1.82, 2.24) is 25.2 Å². The number of amides is 2. The Morgan fingerprint density at radius 2 is 1.94 bits per heavy atom. The minimum Gasteiger partial charge on any atom is -0.349 e. The molecule has 1 aliphatic rings. The van der Waals surface area contributed by atoms with E-state index in [-0.39, 0.29) is 29.1 Å². The van der Waals surface area contributed by atoms with Gasteiger partial charge in [0, 0.05) is 31.7 Å². The fourth-order valence-corrected chi connectivity index (χ4v) is 5.10. The number of carbonyl (C=O) groups excluding carboxylic acids is 3. The Balaban J connectivity index is 1.49. The van der Waals surface area contributed by atoms with Gasteiger partial charge in [0.2, 0.25) is 0 Å². The molecule has 2 N–H and O–H groups in total. The number of thiophene rings is 1. The molecule has 0 bridgehead atoms. The van der Waals surface area contributed by atoms with Crippen LogP contribution in [-0.2, 0) is 4.79 Å². The molecule has 0 aliphatic carbocycles. The first-order valence-electron chi connectivity index (χ1n) is 12.1. The van der Waals surface area contributed by atoms with Crippen LogP contribution < -0.4 is 5.32 Å². The van der Waals surface area contributed by atoms with Crippen molar-refractivity contribution < 1.29 is 14.4 Å². The largest absolute Gasteiger partial charge is 0.349 e. The number of nitrogens with zero attached hydrogens (tertiary/aromatic N) is 3. The zero-order valence-corrected chi connectivity index (χ0v) is 21.8. The molecule has 0 unspecified atom stereocenters. The quantitative estimate of drug-likeness (QED) is 0.516. The Morgan fingerprint density at radius 3 is 2.60 bits per heavy atom. The zero-order valence-electron chi connectivity index (χ0n) is 21.0. The first kappa shape index (κ1) is 25.0. The van der Waals surface area contributed by atoms with Gasteiger partial charge in [-0.2, -0.15) is 0 Å². The lowest BCUT2D eigenvalue weighted by molar-refractivity contribution is -0.118. The summed E-state index contributed by atoms with van der Waals surface area (Å²) in [5, 5.41) is 3.05. The Labute approximate surface area is 209 Å². The number of nitrogens with one attached hydrogen (secondary N) is 2. The van der Waals surface area contributed by atoms with Crippen LogP contribution in [0.25, 0.3) is 21.7 Å². The first-order chi connectivity index (χ1) is 16.5. The van der Waals surface area contributed by atoms with Crippen molar-refractivity contribution in [2.24, 2.45) is 11.3 Å². The van der Waals surface area contributed by atoms with Crippen LogP contribution in [0.15, 0.2) is 24.5 Å². The molecule has 0 radical (unpaired) electrons. The molecule has 0 spiro atoms. The van der Waals surface area contributed by atoms with Crippen LogP contribution in [0.1, 0.15) is 73.9 Å². The smallest absolute Gasteiger partial charge is 0.263 e. The van der Waals surface area contributed by atoms with E-state index in [1.807, 2.05) is 24.0 Å². The highest BCUT2D eigenvalue weighted by Crippen LogP contribution is 2.30. The average molecular weight is 496 g/mol. The van der Waals surface area contributed by atoms with Crippen molar-refractivity contribution in [3.63, 3.8) is 0 Å². The Kier molecular flexibility index (Phi) is 7.07. The van der Waals surface area contributed by atoms with Gasteiger partial charge in [-0.15, -0.1) is 11.3 Å². The average Bonchev–Trinajstić information content (AvgIpc) is 3.45. The lowest BCUT2D eigenvalue weighted by Gasteiger charge is -2.31. The highest BCUT2D eigenvalue weighted by molar-refractivity contribution is 7.17. The molecule has 186 valence electrons. The van der Waals surface area contributed by atoms with Crippen LogP contribution >= 0.6 is 11.3 Å². The first-order valence-corrected chi connectivity index (χ1v) is 12.9. The van der Waals surface area contributed by atoms with Crippen molar-refractivity contribution >= 4 is 40.1 Å². The fourth-order valence-electron chi connectivity index (χ4n) is 4.17. The zero-order chi connectivity index (χ0) is 25.3. The lowest BCUT2D eigenvalue weighted by Crippen LogP contribution is -2.41. The monoisotopic (exact) mass is 495 g/mol. The van der Waals surface area contributed by atoms with Gasteiger partial charge in [0.25, 0.3) is 11.8 Å².